The van der Waals surface area contributed by atoms with E-state index in [0.717, 1.165) is 47.0 Å². The molecule has 0 bridgehead atoms. The molecular weight excluding hydrogens is 507 g/mol. The number of hydrazone groups is 1. The van der Waals surface area contributed by atoms with Gasteiger partial charge in [0.15, 0.2) is 11.5 Å². The molecule has 198 valence electrons. The molecule has 5 heterocycles. The highest BCUT2D eigenvalue weighted by molar-refractivity contribution is 6.13. The lowest BCUT2D eigenvalue weighted by Gasteiger charge is -2.24. The minimum Gasteiger partial charge on any atom is -0.335 e. The van der Waals surface area contributed by atoms with Crippen LogP contribution in [0, 0.1) is 11.7 Å². The number of fused-ring (bicyclic) bond motifs is 2. The van der Waals surface area contributed by atoms with Crippen molar-refractivity contribution in [1.29, 1.82) is 0 Å². The van der Waals surface area contributed by atoms with Gasteiger partial charge in [0.05, 0.1) is 17.4 Å². The fourth-order valence-electron chi connectivity index (χ4n) is 5.19. The average Bonchev–Trinajstić information content (AvgIpc) is 3.27. The van der Waals surface area contributed by atoms with Gasteiger partial charge < -0.3 is 15.7 Å². The van der Waals surface area contributed by atoms with Crippen molar-refractivity contribution in [1.82, 2.24) is 30.3 Å². The number of aromatic nitrogens is 5. The zero-order valence-electron chi connectivity index (χ0n) is 21.5. The number of nitrogens with zero attached hydrogens (tertiary/aromatic N) is 5. The molecule has 1 aliphatic carbocycles. The van der Waals surface area contributed by atoms with E-state index < -0.39 is 0 Å². The second-order valence-corrected chi connectivity index (χ2v) is 10.1. The van der Waals surface area contributed by atoms with Gasteiger partial charge in [0.1, 0.15) is 11.5 Å². The molecule has 40 heavy (non-hydrogen) atoms. The summed E-state index contributed by atoms with van der Waals surface area (Å²) in [5.41, 5.74) is 9.96. The average molecular weight is 533 g/mol. The minimum atomic E-state index is -0.365. The molecule has 1 saturated carbocycles. The number of pyridine rings is 3. The predicted octanol–water partition coefficient (Wildman–Crippen LogP) is 4.86. The molecule has 9 nitrogen and oxygen atoms in total. The van der Waals surface area contributed by atoms with Crippen molar-refractivity contribution in [3.8, 4) is 22.3 Å². The van der Waals surface area contributed by atoms with Crippen molar-refractivity contribution < 1.29 is 9.18 Å². The van der Waals surface area contributed by atoms with Crippen LogP contribution in [0.25, 0.3) is 33.4 Å². The number of carbonyl (C=O) groups is 1. The van der Waals surface area contributed by atoms with E-state index in [2.05, 4.69) is 35.8 Å². The highest BCUT2D eigenvalue weighted by Gasteiger charge is 2.26. The number of H-pyrrole nitrogens is 1. The summed E-state index contributed by atoms with van der Waals surface area (Å²) in [5, 5.41) is 7.56. The maximum Gasteiger partial charge on any atom is 0.227 e. The molecule has 1 fully saturated rings. The molecule has 0 unspecified atom stereocenters. The van der Waals surface area contributed by atoms with Gasteiger partial charge in [-0.05, 0) is 66.8 Å². The summed E-state index contributed by atoms with van der Waals surface area (Å²) >= 11 is 0. The molecule has 3 N–H and O–H groups in total. The monoisotopic (exact) mass is 532 g/mol. The molecule has 1 amide bonds. The second kappa shape index (κ2) is 9.96. The number of anilines is 1. The highest BCUT2D eigenvalue weighted by Crippen LogP contribution is 2.32. The van der Waals surface area contributed by atoms with E-state index >= 15 is 4.39 Å². The van der Waals surface area contributed by atoms with Crippen molar-refractivity contribution in [2.75, 3.05) is 11.9 Å². The third kappa shape index (κ3) is 4.37. The van der Waals surface area contributed by atoms with E-state index in [1.807, 2.05) is 18.2 Å². The SMILES string of the molecule is O=C(Nc1cncc(-c2cc3c(cc2F)CCNN=C3c2nc3nccc(-c4ccncc4)c3[nH]2)c1)C1CCC1. The van der Waals surface area contributed by atoms with Crippen LogP contribution < -0.4 is 10.7 Å². The number of rotatable bonds is 5. The van der Waals surface area contributed by atoms with Gasteiger partial charge in [-0.1, -0.05) is 6.42 Å². The van der Waals surface area contributed by atoms with Crippen molar-refractivity contribution in [3.05, 3.63) is 90.2 Å². The normalized spacial score (nSPS) is 15.0. The molecular formula is C30H25FN8O. The van der Waals surface area contributed by atoms with Crippen LogP contribution in [-0.2, 0) is 11.2 Å². The summed E-state index contributed by atoms with van der Waals surface area (Å²) in [5.74, 6) is 0.182. The summed E-state index contributed by atoms with van der Waals surface area (Å²) < 4.78 is 15.5. The van der Waals surface area contributed by atoms with Crippen molar-refractivity contribution in [2.45, 2.75) is 25.7 Å². The predicted molar refractivity (Wildman–Crippen MR) is 150 cm³/mol. The van der Waals surface area contributed by atoms with E-state index in [-0.39, 0.29) is 17.6 Å². The first-order valence-electron chi connectivity index (χ1n) is 13.3. The molecule has 4 aromatic heterocycles. The minimum absolute atomic E-state index is 0.0160. The summed E-state index contributed by atoms with van der Waals surface area (Å²) in [4.78, 5) is 33.5. The van der Waals surface area contributed by atoms with Gasteiger partial charge in [0.2, 0.25) is 5.91 Å². The number of halogens is 1. The fraction of sp³-hybridized carbons (Fsp3) is 0.200. The first-order chi connectivity index (χ1) is 19.6. The quantitative estimate of drug-likeness (QED) is 0.297. The van der Waals surface area contributed by atoms with Gasteiger partial charge in [-0.3, -0.25) is 14.8 Å². The van der Waals surface area contributed by atoms with Crippen LogP contribution in [0.15, 0.2) is 72.5 Å². The Morgan fingerprint density at radius 1 is 0.950 bits per heavy atom. The van der Waals surface area contributed by atoms with E-state index in [9.17, 15) is 4.79 Å². The molecule has 0 atom stereocenters. The number of hydrogen-bond donors (Lipinski definition) is 3. The fourth-order valence-corrected chi connectivity index (χ4v) is 5.19. The van der Waals surface area contributed by atoms with E-state index in [4.69, 9.17) is 4.98 Å². The van der Waals surface area contributed by atoms with Crippen LogP contribution in [0.4, 0.5) is 10.1 Å². The lowest BCUT2D eigenvalue weighted by atomic mass is 9.85. The Morgan fingerprint density at radius 3 is 2.65 bits per heavy atom. The number of aromatic amines is 1. The molecule has 1 aliphatic heterocycles. The first kappa shape index (κ1) is 24.1. The van der Waals surface area contributed by atoms with Gasteiger partial charge in [-0.25, -0.2) is 14.4 Å². The molecule has 10 heteroatoms. The van der Waals surface area contributed by atoms with Crippen LogP contribution in [0.1, 0.15) is 36.2 Å². The molecule has 0 saturated heterocycles. The van der Waals surface area contributed by atoms with Crippen LogP contribution in [-0.4, -0.2) is 43.1 Å². The van der Waals surface area contributed by atoms with Crippen LogP contribution >= 0.6 is 0 Å². The van der Waals surface area contributed by atoms with E-state index in [1.54, 1.807) is 49.2 Å². The Kier molecular flexibility index (Phi) is 5.99. The Morgan fingerprint density at radius 2 is 1.82 bits per heavy atom. The molecule has 1 aromatic carbocycles. The molecule has 5 aromatic rings. The zero-order chi connectivity index (χ0) is 27.1. The number of hydrogen-bond acceptors (Lipinski definition) is 7. The van der Waals surface area contributed by atoms with Gasteiger partial charge in [-0.2, -0.15) is 5.10 Å². The topological polar surface area (TPSA) is 121 Å². The Bertz CT molecular complexity index is 1780. The number of amides is 1. The van der Waals surface area contributed by atoms with Crippen LogP contribution in [0.5, 0.6) is 0 Å². The van der Waals surface area contributed by atoms with Crippen LogP contribution in [0.3, 0.4) is 0 Å². The summed E-state index contributed by atoms with van der Waals surface area (Å²) in [7, 11) is 0. The zero-order valence-corrected chi connectivity index (χ0v) is 21.5. The van der Waals surface area contributed by atoms with E-state index in [0.29, 0.717) is 47.0 Å². The molecule has 0 radical (unpaired) electrons. The summed E-state index contributed by atoms with van der Waals surface area (Å²) in [6.45, 7) is 0.556. The Hall–Kier alpha value is -4.99. The Balaban J connectivity index is 1.29. The second-order valence-electron chi connectivity index (χ2n) is 10.1. The van der Waals surface area contributed by atoms with Gasteiger partial charge >= 0.3 is 0 Å². The molecule has 2 aliphatic rings. The third-order valence-electron chi connectivity index (χ3n) is 7.55. The van der Waals surface area contributed by atoms with Gasteiger partial charge in [-0.15, -0.1) is 0 Å². The maximum absolute atomic E-state index is 15.5. The number of carbonyl (C=O) groups excluding carboxylic acids is 1. The molecule has 7 rings (SSSR count). The number of nitrogens with one attached hydrogen (secondary N) is 3. The van der Waals surface area contributed by atoms with Gasteiger partial charge in [0, 0.05) is 59.5 Å². The largest absolute Gasteiger partial charge is 0.335 e. The van der Waals surface area contributed by atoms with Crippen molar-refractivity contribution in [2.24, 2.45) is 11.0 Å². The first-order valence-corrected chi connectivity index (χ1v) is 13.3. The van der Waals surface area contributed by atoms with E-state index in [1.165, 1.54) is 0 Å². The lowest BCUT2D eigenvalue weighted by molar-refractivity contribution is -0.122. The van der Waals surface area contributed by atoms with Crippen LogP contribution in [0.2, 0.25) is 0 Å². The number of imidazole rings is 1. The standard InChI is InChI=1S/C30H25FN8O/c31-25-13-19-6-11-35-39-27(29-37-26-22(7-10-34-28(26)38-29)17-4-8-32-9-5-17)24(19)14-23(25)20-12-21(16-33-15-20)36-30(40)18-2-1-3-18/h4-5,7-10,12-16,18,35H,1-3,6,11H2,(H,36,40)(H,34,37,38). The summed E-state index contributed by atoms with van der Waals surface area (Å²) in [6, 6.07) is 10.9. The smallest absolute Gasteiger partial charge is 0.227 e. The van der Waals surface area contributed by atoms with Crippen molar-refractivity contribution >= 4 is 28.5 Å². The number of benzene rings is 1. The maximum atomic E-state index is 15.5. The Labute approximate surface area is 229 Å². The lowest BCUT2D eigenvalue weighted by Crippen LogP contribution is -2.28. The third-order valence-corrected chi connectivity index (χ3v) is 7.55. The van der Waals surface area contributed by atoms with Gasteiger partial charge in [0.25, 0.3) is 0 Å². The van der Waals surface area contributed by atoms with Crippen molar-refractivity contribution in [3.63, 3.8) is 0 Å². The highest BCUT2D eigenvalue weighted by atomic mass is 19.1. The molecule has 0 spiro atoms. The summed E-state index contributed by atoms with van der Waals surface area (Å²) in [6.07, 6.45) is 11.9.